The van der Waals surface area contributed by atoms with Crippen molar-refractivity contribution in [2.45, 2.75) is 45.6 Å². The van der Waals surface area contributed by atoms with Gasteiger partial charge in [-0.25, -0.2) is 0 Å². The molecule has 0 aromatic rings. The Bertz CT molecular complexity index is 146. The van der Waals surface area contributed by atoms with Crippen molar-refractivity contribution in [2.24, 2.45) is 0 Å². The molecule has 1 N–H and O–H groups in total. The fraction of sp³-hybridized carbons (Fsp3) is 0.900. The highest BCUT2D eigenvalue weighted by atomic mass is 16.3. The molecular weight excluding hydrogens is 166 g/mol. The van der Waals surface area contributed by atoms with E-state index in [4.69, 9.17) is 5.11 Å². The summed E-state index contributed by atoms with van der Waals surface area (Å²) >= 11 is 0. The third-order valence-electron chi connectivity index (χ3n) is 2.05. The summed E-state index contributed by atoms with van der Waals surface area (Å²) in [5.41, 5.74) is 0. The van der Waals surface area contributed by atoms with Crippen molar-refractivity contribution >= 4 is 5.91 Å². The molecule has 3 nitrogen and oxygen atoms in total. The number of aliphatic hydroxyl groups excluding tert-OH is 1. The molecule has 0 aliphatic carbocycles. The largest absolute Gasteiger partial charge is 0.393 e. The summed E-state index contributed by atoms with van der Waals surface area (Å²) in [5, 5.41) is 8.99. The number of nitrogens with zero attached hydrogens (tertiary/aromatic N) is 1. The van der Waals surface area contributed by atoms with Crippen LogP contribution in [0.5, 0.6) is 0 Å². The van der Waals surface area contributed by atoms with Gasteiger partial charge >= 0.3 is 0 Å². The monoisotopic (exact) mass is 187 g/mol. The highest BCUT2D eigenvalue weighted by molar-refractivity contribution is 5.75. The fourth-order valence-electron chi connectivity index (χ4n) is 1.04. The Hall–Kier alpha value is -0.570. The molecule has 0 bridgehead atoms. The van der Waals surface area contributed by atoms with Crippen molar-refractivity contribution in [1.29, 1.82) is 0 Å². The average molecular weight is 187 g/mol. The second-order valence-electron chi connectivity index (χ2n) is 3.56. The Morgan fingerprint density at radius 1 is 1.54 bits per heavy atom. The van der Waals surface area contributed by atoms with Crippen molar-refractivity contribution in [1.82, 2.24) is 4.90 Å². The zero-order chi connectivity index (χ0) is 10.3. The SMILES string of the molecule is CCCCN(C)C(=O)CCC(C)O. The van der Waals surface area contributed by atoms with Gasteiger partial charge in [0.25, 0.3) is 0 Å². The zero-order valence-corrected chi connectivity index (χ0v) is 8.92. The van der Waals surface area contributed by atoms with E-state index in [-0.39, 0.29) is 12.0 Å². The molecule has 0 spiro atoms. The first kappa shape index (κ1) is 12.4. The summed E-state index contributed by atoms with van der Waals surface area (Å²) in [7, 11) is 1.82. The molecule has 0 heterocycles. The van der Waals surface area contributed by atoms with Crippen LogP contribution in [-0.2, 0) is 4.79 Å². The third-order valence-corrected chi connectivity index (χ3v) is 2.05. The number of unbranched alkanes of at least 4 members (excludes halogenated alkanes) is 1. The van der Waals surface area contributed by atoms with Crippen LogP contribution >= 0.6 is 0 Å². The summed E-state index contributed by atoms with van der Waals surface area (Å²) in [5.74, 6) is 0.134. The molecule has 3 heteroatoms. The first-order valence-corrected chi connectivity index (χ1v) is 5.00. The van der Waals surface area contributed by atoms with E-state index >= 15 is 0 Å². The summed E-state index contributed by atoms with van der Waals surface area (Å²) in [6.45, 7) is 4.64. The molecule has 0 aromatic heterocycles. The van der Waals surface area contributed by atoms with E-state index < -0.39 is 0 Å². The Morgan fingerprint density at radius 2 is 2.15 bits per heavy atom. The van der Waals surface area contributed by atoms with Crippen LogP contribution in [0.15, 0.2) is 0 Å². The van der Waals surface area contributed by atoms with Gasteiger partial charge in [0.05, 0.1) is 6.10 Å². The number of carbonyl (C=O) groups is 1. The highest BCUT2D eigenvalue weighted by Gasteiger charge is 2.08. The molecule has 78 valence electrons. The second-order valence-corrected chi connectivity index (χ2v) is 3.56. The van der Waals surface area contributed by atoms with E-state index in [1.54, 1.807) is 11.8 Å². The molecule has 0 fully saturated rings. The molecule has 0 saturated carbocycles. The molecule has 13 heavy (non-hydrogen) atoms. The van der Waals surface area contributed by atoms with Gasteiger partial charge in [0.15, 0.2) is 0 Å². The van der Waals surface area contributed by atoms with Crippen molar-refractivity contribution < 1.29 is 9.90 Å². The van der Waals surface area contributed by atoms with Crippen LogP contribution in [0.3, 0.4) is 0 Å². The van der Waals surface area contributed by atoms with E-state index in [0.29, 0.717) is 12.8 Å². The Kier molecular flexibility index (Phi) is 6.59. The van der Waals surface area contributed by atoms with Gasteiger partial charge in [-0.05, 0) is 19.8 Å². The minimum absolute atomic E-state index is 0.134. The van der Waals surface area contributed by atoms with E-state index in [1.165, 1.54) is 0 Å². The predicted molar refractivity (Wildman–Crippen MR) is 53.5 cm³/mol. The molecule has 0 saturated heterocycles. The number of hydrogen-bond acceptors (Lipinski definition) is 2. The average Bonchev–Trinajstić information content (AvgIpc) is 2.10. The molecule has 0 aromatic carbocycles. The number of amides is 1. The predicted octanol–water partition coefficient (Wildman–Crippen LogP) is 1.41. The second kappa shape index (κ2) is 6.89. The maximum Gasteiger partial charge on any atom is 0.222 e. The van der Waals surface area contributed by atoms with E-state index in [1.807, 2.05) is 7.05 Å². The summed E-state index contributed by atoms with van der Waals surface area (Å²) < 4.78 is 0. The first-order valence-electron chi connectivity index (χ1n) is 5.00. The molecule has 1 atom stereocenters. The molecular formula is C10H21NO2. The van der Waals surface area contributed by atoms with Gasteiger partial charge in [-0.1, -0.05) is 13.3 Å². The topological polar surface area (TPSA) is 40.5 Å². The minimum Gasteiger partial charge on any atom is -0.393 e. The van der Waals surface area contributed by atoms with Crippen molar-refractivity contribution in [3.05, 3.63) is 0 Å². The van der Waals surface area contributed by atoms with Crippen molar-refractivity contribution in [3.8, 4) is 0 Å². The fourth-order valence-corrected chi connectivity index (χ4v) is 1.04. The lowest BCUT2D eigenvalue weighted by Gasteiger charge is -2.16. The Labute approximate surface area is 80.7 Å². The van der Waals surface area contributed by atoms with Gasteiger partial charge in [-0.15, -0.1) is 0 Å². The van der Waals surface area contributed by atoms with Gasteiger partial charge in [0, 0.05) is 20.0 Å². The first-order chi connectivity index (χ1) is 6.07. The van der Waals surface area contributed by atoms with Crippen LogP contribution in [0, 0.1) is 0 Å². The van der Waals surface area contributed by atoms with Crippen molar-refractivity contribution in [2.75, 3.05) is 13.6 Å². The molecule has 0 aliphatic rings. The number of rotatable bonds is 6. The van der Waals surface area contributed by atoms with Gasteiger partial charge in [0.2, 0.25) is 5.91 Å². The lowest BCUT2D eigenvalue weighted by Crippen LogP contribution is -2.28. The molecule has 0 aliphatic heterocycles. The Morgan fingerprint density at radius 3 is 2.62 bits per heavy atom. The third kappa shape index (κ3) is 6.58. The van der Waals surface area contributed by atoms with Crippen molar-refractivity contribution in [3.63, 3.8) is 0 Å². The van der Waals surface area contributed by atoms with E-state index in [2.05, 4.69) is 6.92 Å². The summed E-state index contributed by atoms with van der Waals surface area (Å²) in [6, 6.07) is 0. The quantitative estimate of drug-likeness (QED) is 0.683. The maximum absolute atomic E-state index is 11.4. The van der Waals surface area contributed by atoms with Gasteiger partial charge in [-0.2, -0.15) is 0 Å². The van der Waals surface area contributed by atoms with E-state index in [0.717, 1.165) is 19.4 Å². The maximum atomic E-state index is 11.4. The van der Waals surface area contributed by atoms with Crippen LogP contribution in [0.2, 0.25) is 0 Å². The Balaban J connectivity index is 3.57. The van der Waals surface area contributed by atoms with Gasteiger partial charge in [0.1, 0.15) is 0 Å². The van der Waals surface area contributed by atoms with Crippen LogP contribution in [0.25, 0.3) is 0 Å². The number of hydrogen-bond donors (Lipinski definition) is 1. The smallest absolute Gasteiger partial charge is 0.222 e. The van der Waals surface area contributed by atoms with E-state index in [9.17, 15) is 4.79 Å². The zero-order valence-electron chi connectivity index (χ0n) is 8.92. The van der Waals surface area contributed by atoms with Crippen LogP contribution in [0.4, 0.5) is 0 Å². The standard InChI is InChI=1S/C10H21NO2/c1-4-5-8-11(3)10(13)7-6-9(2)12/h9,12H,4-8H2,1-3H3. The lowest BCUT2D eigenvalue weighted by molar-refractivity contribution is -0.130. The summed E-state index contributed by atoms with van der Waals surface area (Å²) in [6.07, 6.45) is 2.81. The molecule has 1 unspecified atom stereocenters. The normalized spacial score (nSPS) is 12.6. The number of aliphatic hydroxyl groups is 1. The van der Waals surface area contributed by atoms with Gasteiger partial charge < -0.3 is 10.0 Å². The number of carbonyl (C=O) groups excluding carboxylic acids is 1. The molecule has 0 rings (SSSR count). The van der Waals surface area contributed by atoms with Crippen LogP contribution in [-0.4, -0.2) is 35.6 Å². The highest BCUT2D eigenvalue weighted by Crippen LogP contribution is 2.01. The molecule has 0 radical (unpaired) electrons. The van der Waals surface area contributed by atoms with Crippen LogP contribution in [0.1, 0.15) is 39.5 Å². The van der Waals surface area contributed by atoms with Crippen LogP contribution < -0.4 is 0 Å². The minimum atomic E-state index is -0.372. The summed E-state index contributed by atoms with van der Waals surface area (Å²) in [4.78, 5) is 13.1. The molecule has 1 amide bonds. The lowest BCUT2D eigenvalue weighted by atomic mass is 10.2. The van der Waals surface area contributed by atoms with Gasteiger partial charge in [-0.3, -0.25) is 4.79 Å².